The minimum atomic E-state index is -0.753. The second-order valence-corrected chi connectivity index (χ2v) is 7.08. The van der Waals surface area contributed by atoms with E-state index >= 15 is 0 Å². The molecule has 1 aromatic rings. The number of benzene rings is 1. The second-order valence-electron chi connectivity index (χ2n) is 5.93. The Balaban J connectivity index is 2.28. The van der Waals surface area contributed by atoms with Gasteiger partial charge in [0.25, 0.3) is 5.09 Å². The largest absolute Gasteiger partial charge is 0.507 e. The van der Waals surface area contributed by atoms with Crippen LogP contribution >= 0.6 is 11.8 Å². The summed E-state index contributed by atoms with van der Waals surface area (Å²) in [5.74, 6) is 2.32. The maximum absolute atomic E-state index is 10.2. The molecule has 0 unspecified atom stereocenters. The van der Waals surface area contributed by atoms with Crippen LogP contribution in [0.4, 0.5) is 0 Å². The smallest absolute Gasteiger partial charge is 0.294 e. The van der Waals surface area contributed by atoms with Gasteiger partial charge in [-0.15, -0.1) is 10.1 Å². The Morgan fingerprint density at radius 2 is 1.68 bits per heavy atom. The molecule has 0 fully saturated rings. The van der Waals surface area contributed by atoms with Crippen molar-refractivity contribution in [2.75, 3.05) is 18.1 Å². The van der Waals surface area contributed by atoms with E-state index in [0.717, 1.165) is 30.8 Å². The lowest BCUT2D eigenvalue weighted by Crippen LogP contribution is -2.01. The van der Waals surface area contributed by atoms with Gasteiger partial charge in [0.05, 0.1) is 6.61 Å². The van der Waals surface area contributed by atoms with E-state index in [2.05, 4.69) is 4.84 Å². The molecule has 140 valence electrons. The molecule has 1 rings (SSSR count). The van der Waals surface area contributed by atoms with Crippen molar-refractivity contribution in [3.63, 3.8) is 0 Å². The summed E-state index contributed by atoms with van der Waals surface area (Å²) in [6.07, 6.45) is 7.58. The Kier molecular flexibility index (Phi) is 9.20. The number of thioether (sulfide) groups is 1. The highest BCUT2D eigenvalue weighted by Gasteiger charge is 2.14. The molecule has 0 saturated carbocycles. The average Bonchev–Trinajstić information content (AvgIpc) is 2.58. The van der Waals surface area contributed by atoms with Crippen LogP contribution in [0.1, 0.15) is 47.9 Å². The van der Waals surface area contributed by atoms with Crippen molar-refractivity contribution in [1.82, 2.24) is 0 Å². The molecule has 0 radical (unpaired) electrons. The van der Waals surface area contributed by atoms with Crippen LogP contribution in [0.3, 0.4) is 0 Å². The molecule has 0 spiro atoms. The molecule has 0 aromatic heterocycles. The molecular weight excluding hydrogens is 342 g/mol. The summed E-state index contributed by atoms with van der Waals surface area (Å²) in [6, 6.07) is 0. The van der Waals surface area contributed by atoms with Crippen molar-refractivity contribution in [1.29, 1.82) is 0 Å². The first-order chi connectivity index (χ1) is 11.9. The maximum Gasteiger partial charge on any atom is 0.294 e. The fraction of sp³-hybridized carbons (Fsp3) is 0.556. The highest BCUT2D eigenvalue weighted by Crippen LogP contribution is 2.36. The standard InChI is InChI=1S/C18H27NO5S/c1-13-14(2)18(21)16(15(3)17(13)20)9-8-12-25-11-7-5-4-6-10-24-19(22)23/h8-9,20-21H,4-7,10-12H2,1-3H3/b9-8+. The zero-order valence-corrected chi connectivity index (χ0v) is 15.9. The topological polar surface area (TPSA) is 92.8 Å². The van der Waals surface area contributed by atoms with Crippen LogP contribution in [0.2, 0.25) is 0 Å². The number of rotatable bonds is 11. The SMILES string of the molecule is Cc1c(C)c(O)c(/C=C/CSCCCCCCO[N+](=O)[O-])c(C)c1O. The number of phenols is 2. The van der Waals surface area contributed by atoms with E-state index in [-0.39, 0.29) is 18.1 Å². The Bertz CT molecular complexity index is 587. The molecule has 0 atom stereocenters. The van der Waals surface area contributed by atoms with Gasteiger partial charge in [-0.2, -0.15) is 11.8 Å². The number of phenolic OH excluding ortho intramolecular Hbond substituents is 2. The van der Waals surface area contributed by atoms with Crippen molar-refractivity contribution in [3.8, 4) is 11.5 Å². The van der Waals surface area contributed by atoms with Gasteiger partial charge >= 0.3 is 0 Å². The predicted molar refractivity (Wildman–Crippen MR) is 102 cm³/mol. The fourth-order valence-corrected chi connectivity index (χ4v) is 3.27. The third kappa shape index (κ3) is 6.86. The molecular formula is C18H27NO5S. The van der Waals surface area contributed by atoms with E-state index in [0.29, 0.717) is 28.7 Å². The highest BCUT2D eigenvalue weighted by molar-refractivity contribution is 7.99. The van der Waals surface area contributed by atoms with E-state index < -0.39 is 5.09 Å². The minimum Gasteiger partial charge on any atom is -0.507 e. The fourth-order valence-electron chi connectivity index (χ4n) is 2.46. The third-order valence-corrected chi connectivity index (χ3v) is 5.17. The van der Waals surface area contributed by atoms with Crippen molar-refractivity contribution < 1.29 is 20.1 Å². The average molecular weight is 369 g/mol. The van der Waals surface area contributed by atoms with Crippen LogP contribution in [-0.4, -0.2) is 33.4 Å². The lowest BCUT2D eigenvalue weighted by atomic mass is 9.97. The van der Waals surface area contributed by atoms with Gasteiger partial charge in [0.15, 0.2) is 0 Å². The summed E-state index contributed by atoms with van der Waals surface area (Å²) in [5.41, 5.74) is 2.78. The zero-order chi connectivity index (χ0) is 18.8. The quantitative estimate of drug-likeness (QED) is 0.257. The van der Waals surface area contributed by atoms with Gasteiger partial charge in [-0.1, -0.05) is 25.0 Å². The summed E-state index contributed by atoms with van der Waals surface area (Å²) in [4.78, 5) is 14.2. The number of hydrogen-bond donors (Lipinski definition) is 2. The number of nitrogens with zero attached hydrogens (tertiary/aromatic N) is 1. The van der Waals surface area contributed by atoms with E-state index in [4.69, 9.17) is 0 Å². The molecule has 0 aliphatic carbocycles. The van der Waals surface area contributed by atoms with E-state index in [9.17, 15) is 20.3 Å². The summed E-state index contributed by atoms with van der Waals surface area (Å²) in [7, 11) is 0. The van der Waals surface area contributed by atoms with Crippen LogP contribution in [0.25, 0.3) is 6.08 Å². The Labute approximate surface area is 153 Å². The van der Waals surface area contributed by atoms with Crippen LogP contribution in [0.15, 0.2) is 6.08 Å². The first kappa shape index (κ1) is 21.2. The van der Waals surface area contributed by atoms with Gasteiger partial charge in [-0.05, 0) is 50.5 Å². The van der Waals surface area contributed by atoms with Crippen LogP contribution < -0.4 is 0 Å². The Morgan fingerprint density at radius 3 is 2.36 bits per heavy atom. The van der Waals surface area contributed by atoms with Crippen molar-refractivity contribution >= 4 is 17.8 Å². The molecule has 0 saturated heterocycles. The molecule has 25 heavy (non-hydrogen) atoms. The molecule has 2 N–H and O–H groups in total. The van der Waals surface area contributed by atoms with Crippen LogP contribution in [0, 0.1) is 30.9 Å². The molecule has 6 nitrogen and oxygen atoms in total. The summed E-state index contributed by atoms with van der Waals surface area (Å²) in [6.45, 7) is 5.57. The summed E-state index contributed by atoms with van der Waals surface area (Å²) in [5, 5.41) is 29.6. The van der Waals surface area contributed by atoms with Gasteiger partial charge in [0.2, 0.25) is 0 Å². The highest BCUT2D eigenvalue weighted by atomic mass is 32.2. The molecule has 0 bridgehead atoms. The van der Waals surface area contributed by atoms with Crippen molar-refractivity contribution in [2.45, 2.75) is 46.5 Å². The van der Waals surface area contributed by atoms with Gasteiger partial charge in [0.1, 0.15) is 11.5 Å². The van der Waals surface area contributed by atoms with Crippen LogP contribution in [0.5, 0.6) is 11.5 Å². The molecule has 0 amide bonds. The van der Waals surface area contributed by atoms with E-state index in [1.807, 2.05) is 12.2 Å². The molecule has 7 heteroatoms. The van der Waals surface area contributed by atoms with Gasteiger partial charge in [-0.3, -0.25) is 0 Å². The number of unbranched alkanes of at least 4 members (excludes halogenated alkanes) is 3. The molecule has 0 aliphatic rings. The molecule has 1 aromatic carbocycles. The number of aromatic hydroxyl groups is 2. The predicted octanol–water partition coefficient (Wildman–Crippen LogP) is 4.54. The van der Waals surface area contributed by atoms with Gasteiger partial charge in [0, 0.05) is 16.9 Å². The summed E-state index contributed by atoms with van der Waals surface area (Å²) < 4.78 is 0. The Morgan fingerprint density at radius 1 is 1.04 bits per heavy atom. The first-order valence-electron chi connectivity index (χ1n) is 8.39. The number of hydrogen-bond acceptors (Lipinski definition) is 6. The zero-order valence-electron chi connectivity index (χ0n) is 15.1. The van der Waals surface area contributed by atoms with E-state index in [1.54, 1.807) is 32.5 Å². The normalized spacial score (nSPS) is 11.2. The second kappa shape index (κ2) is 10.9. The molecule has 0 heterocycles. The first-order valence-corrected chi connectivity index (χ1v) is 9.55. The molecule has 0 aliphatic heterocycles. The van der Waals surface area contributed by atoms with Gasteiger partial charge in [-0.25, -0.2) is 0 Å². The summed E-state index contributed by atoms with van der Waals surface area (Å²) >= 11 is 1.79. The Hall–Kier alpha value is -1.89. The minimum absolute atomic E-state index is 0.175. The lowest BCUT2D eigenvalue weighted by Gasteiger charge is -2.13. The third-order valence-electron chi connectivity index (χ3n) is 4.17. The maximum atomic E-state index is 10.2. The monoisotopic (exact) mass is 369 g/mol. The van der Waals surface area contributed by atoms with Crippen LogP contribution in [-0.2, 0) is 4.84 Å². The lowest BCUT2D eigenvalue weighted by molar-refractivity contribution is -0.757. The van der Waals surface area contributed by atoms with E-state index in [1.165, 1.54) is 0 Å². The van der Waals surface area contributed by atoms with Gasteiger partial charge < -0.3 is 15.1 Å². The van der Waals surface area contributed by atoms with Crippen molar-refractivity contribution in [2.24, 2.45) is 0 Å². The van der Waals surface area contributed by atoms with Crippen molar-refractivity contribution in [3.05, 3.63) is 38.4 Å².